The van der Waals surface area contributed by atoms with Crippen LogP contribution in [0.25, 0.3) is 22.1 Å². The highest BCUT2D eigenvalue weighted by atomic mass is 16.3. The first kappa shape index (κ1) is 14.5. The molecule has 2 atom stereocenters. The first-order valence-corrected chi connectivity index (χ1v) is 9.09. The van der Waals surface area contributed by atoms with E-state index in [0.29, 0.717) is 17.4 Å². The summed E-state index contributed by atoms with van der Waals surface area (Å²) in [5.41, 5.74) is 4.98. The molecule has 3 saturated heterocycles. The van der Waals surface area contributed by atoms with Gasteiger partial charge < -0.3 is 4.42 Å². The van der Waals surface area contributed by atoms with E-state index in [1.165, 1.54) is 42.4 Å². The Kier molecular flexibility index (Phi) is 2.91. The molecular weight excluding hydrogens is 296 g/mol. The number of hydrogen-bond acceptors (Lipinski definition) is 3. The highest BCUT2D eigenvalue weighted by Gasteiger charge is 2.49. The fraction of sp³-hybridized carbons (Fsp3) is 0.476. The van der Waals surface area contributed by atoms with Gasteiger partial charge in [-0.3, -0.25) is 4.90 Å². The second-order valence-corrected chi connectivity index (χ2v) is 8.04. The van der Waals surface area contributed by atoms with Crippen LogP contribution >= 0.6 is 0 Å². The first-order valence-electron chi connectivity index (χ1n) is 9.09. The van der Waals surface area contributed by atoms with Gasteiger partial charge in [0.2, 0.25) is 5.71 Å². The Morgan fingerprint density at radius 1 is 1.17 bits per heavy atom. The van der Waals surface area contributed by atoms with Gasteiger partial charge in [-0.1, -0.05) is 19.1 Å². The number of aromatic nitrogens is 1. The molecule has 0 aliphatic carbocycles. The van der Waals surface area contributed by atoms with Gasteiger partial charge >= 0.3 is 0 Å². The zero-order valence-electron chi connectivity index (χ0n) is 14.7. The summed E-state index contributed by atoms with van der Waals surface area (Å²) in [5.74, 6) is 0.532. The maximum absolute atomic E-state index is 6.29. The maximum Gasteiger partial charge on any atom is 0.227 e. The third kappa shape index (κ3) is 1.79. The minimum absolute atomic E-state index is 0.375. The van der Waals surface area contributed by atoms with Crippen molar-refractivity contribution in [2.75, 3.05) is 13.1 Å². The topological polar surface area (TPSA) is 29.3 Å². The first-order chi connectivity index (χ1) is 11.6. The van der Waals surface area contributed by atoms with Crippen molar-refractivity contribution in [1.82, 2.24) is 9.88 Å². The van der Waals surface area contributed by atoms with E-state index in [4.69, 9.17) is 4.42 Å². The lowest BCUT2D eigenvalue weighted by Gasteiger charge is -2.56. The summed E-state index contributed by atoms with van der Waals surface area (Å²) in [6, 6.07) is 9.16. The quantitative estimate of drug-likeness (QED) is 0.640. The molecule has 24 heavy (non-hydrogen) atoms. The van der Waals surface area contributed by atoms with Gasteiger partial charge in [-0.15, -0.1) is 0 Å². The molecule has 0 saturated carbocycles. The Hall–Kier alpha value is -1.87. The smallest absolute Gasteiger partial charge is 0.227 e. The van der Waals surface area contributed by atoms with Crippen LogP contribution in [0.15, 0.2) is 34.9 Å². The van der Waals surface area contributed by atoms with E-state index in [9.17, 15) is 0 Å². The van der Waals surface area contributed by atoms with E-state index in [-0.39, 0.29) is 0 Å². The number of fused-ring (bicyclic) bond motifs is 6. The van der Waals surface area contributed by atoms with Crippen LogP contribution in [0.5, 0.6) is 0 Å². The Labute approximate surface area is 142 Å². The second kappa shape index (κ2) is 4.82. The average Bonchev–Trinajstić information content (AvgIpc) is 2.95. The summed E-state index contributed by atoms with van der Waals surface area (Å²) in [5, 5.41) is 2.35. The molecule has 3 aliphatic heterocycles. The summed E-state index contributed by atoms with van der Waals surface area (Å²) in [6.45, 7) is 9.61. The van der Waals surface area contributed by atoms with Crippen LogP contribution in [-0.4, -0.2) is 29.0 Å². The third-order valence-corrected chi connectivity index (χ3v) is 6.73. The highest BCUT2D eigenvalue weighted by molar-refractivity contribution is 6.05. The number of furan rings is 1. The van der Waals surface area contributed by atoms with E-state index in [0.717, 1.165) is 16.7 Å². The Bertz CT molecular complexity index is 934. The van der Waals surface area contributed by atoms with Crippen LogP contribution in [0.3, 0.4) is 0 Å². The van der Waals surface area contributed by atoms with Gasteiger partial charge in [-0.25, -0.2) is 4.98 Å². The number of pyridine rings is 1. The number of hydrogen-bond donors (Lipinski definition) is 0. The van der Waals surface area contributed by atoms with Gasteiger partial charge in [0.25, 0.3) is 0 Å². The number of nitrogens with zero attached hydrogens (tertiary/aromatic N) is 2. The average molecular weight is 320 g/mol. The lowest BCUT2D eigenvalue weighted by molar-refractivity contribution is -0.0267. The molecule has 2 unspecified atom stereocenters. The molecule has 0 amide bonds. The fourth-order valence-corrected chi connectivity index (χ4v) is 5.32. The Morgan fingerprint density at radius 3 is 2.71 bits per heavy atom. The largest absolute Gasteiger partial charge is 0.437 e. The van der Waals surface area contributed by atoms with Crippen LogP contribution in [0.2, 0.25) is 0 Å². The van der Waals surface area contributed by atoms with E-state index >= 15 is 0 Å². The van der Waals surface area contributed by atoms with Crippen LogP contribution in [0.4, 0.5) is 0 Å². The molecule has 3 nitrogen and oxygen atoms in total. The number of piperidine rings is 3. The lowest BCUT2D eigenvalue weighted by Crippen LogP contribution is -2.57. The van der Waals surface area contributed by atoms with Gasteiger partial charge in [0.15, 0.2) is 0 Å². The zero-order valence-corrected chi connectivity index (χ0v) is 14.7. The molecular formula is C21H24N2O. The fourth-order valence-electron chi connectivity index (χ4n) is 5.32. The van der Waals surface area contributed by atoms with Gasteiger partial charge in [0, 0.05) is 34.5 Å². The summed E-state index contributed by atoms with van der Waals surface area (Å²) >= 11 is 0. The van der Waals surface area contributed by atoms with Crippen LogP contribution in [-0.2, 0) is 0 Å². The molecule has 6 rings (SSSR count). The van der Waals surface area contributed by atoms with E-state index in [2.05, 4.69) is 48.9 Å². The molecule has 124 valence electrons. The molecule has 3 aliphatic rings. The SMILES string of the molecule is Cc1ccc2c(oc3ncccc32)c1C1C(C)N2CCC1(C)CC2. The number of aryl methyl sites for hydroxylation is 1. The second-order valence-electron chi connectivity index (χ2n) is 8.04. The van der Waals surface area contributed by atoms with Gasteiger partial charge in [-0.05, 0) is 62.9 Å². The highest BCUT2D eigenvalue weighted by Crippen LogP contribution is 2.54. The van der Waals surface area contributed by atoms with Gasteiger partial charge in [0.05, 0.1) is 0 Å². The van der Waals surface area contributed by atoms with E-state index in [1.54, 1.807) is 0 Å². The Balaban J connectivity index is 1.81. The lowest BCUT2D eigenvalue weighted by atomic mass is 9.60. The van der Waals surface area contributed by atoms with E-state index < -0.39 is 0 Å². The summed E-state index contributed by atoms with van der Waals surface area (Å²) in [7, 11) is 0. The van der Waals surface area contributed by atoms with Crippen molar-refractivity contribution < 1.29 is 4.42 Å². The van der Waals surface area contributed by atoms with Crippen molar-refractivity contribution in [3.63, 3.8) is 0 Å². The van der Waals surface area contributed by atoms with Gasteiger partial charge in [0.1, 0.15) is 5.58 Å². The molecule has 0 N–H and O–H groups in total. The standard InChI is InChI=1S/C21H24N2O/c1-13-6-7-15-16-5-4-10-22-20(16)24-19(15)17(13)18-14(2)23-11-8-21(18,3)9-12-23/h4-7,10,14,18H,8-9,11-12H2,1-3H3. The molecule has 5 heterocycles. The van der Waals surface area contributed by atoms with Crippen molar-refractivity contribution in [1.29, 1.82) is 0 Å². The Morgan fingerprint density at radius 2 is 1.96 bits per heavy atom. The third-order valence-electron chi connectivity index (χ3n) is 6.73. The molecule has 0 radical (unpaired) electrons. The molecule has 2 bridgehead atoms. The summed E-state index contributed by atoms with van der Waals surface area (Å²) in [6.07, 6.45) is 4.39. The molecule has 2 aromatic heterocycles. The zero-order chi connectivity index (χ0) is 16.5. The van der Waals surface area contributed by atoms with Crippen molar-refractivity contribution >= 4 is 22.1 Å². The molecule has 0 spiro atoms. The van der Waals surface area contributed by atoms with Crippen LogP contribution in [0, 0.1) is 12.3 Å². The molecule has 3 heteroatoms. The predicted octanol–water partition coefficient (Wildman–Crippen LogP) is 4.88. The van der Waals surface area contributed by atoms with Crippen LogP contribution < -0.4 is 0 Å². The minimum atomic E-state index is 0.375. The minimum Gasteiger partial charge on any atom is -0.437 e. The predicted molar refractivity (Wildman–Crippen MR) is 97.4 cm³/mol. The molecule has 3 fully saturated rings. The molecule has 1 aromatic carbocycles. The maximum atomic E-state index is 6.29. The van der Waals surface area contributed by atoms with Crippen molar-refractivity contribution in [2.24, 2.45) is 5.41 Å². The van der Waals surface area contributed by atoms with Crippen molar-refractivity contribution in [2.45, 2.75) is 45.6 Å². The monoisotopic (exact) mass is 320 g/mol. The summed E-state index contributed by atoms with van der Waals surface area (Å²) in [4.78, 5) is 7.10. The summed E-state index contributed by atoms with van der Waals surface area (Å²) < 4.78 is 6.29. The number of benzene rings is 1. The van der Waals surface area contributed by atoms with Crippen molar-refractivity contribution in [3.05, 3.63) is 41.6 Å². The molecule has 3 aromatic rings. The normalized spacial score (nSPS) is 32.7. The van der Waals surface area contributed by atoms with E-state index in [1.807, 2.05) is 12.3 Å². The number of rotatable bonds is 1. The van der Waals surface area contributed by atoms with Gasteiger partial charge in [-0.2, -0.15) is 0 Å². The van der Waals surface area contributed by atoms with Crippen molar-refractivity contribution in [3.8, 4) is 0 Å². The van der Waals surface area contributed by atoms with Crippen LogP contribution in [0.1, 0.15) is 43.7 Å².